The number of nitrogens with zero attached hydrogens (tertiary/aromatic N) is 2. The Morgan fingerprint density at radius 2 is 1.92 bits per heavy atom. The summed E-state index contributed by atoms with van der Waals surface area (Å²) in [6.07, 6.45) is 3.04. The molecule has 0 aromatic rings. The highest BCUT2D eigenvalue weighted by Crippen LogP contribution is 2.39. The monoisotopic (exact) mass is 182 g/mol. The van der Waals surface area contributed by atoms with E-state index in [-0.39, 0.29) is 24.0 Å². The topological polar surface area (TPSA) is 40.6 Å². The van der Waals surface area contributed by atoms with Crippen LogP contribution in [0.2, 0.25) is 0 Å². The molecule has 0 bridgehead atoms. The summed E-state index contributed by atoms with van der Waals surface area (Å²) in [5, 5.41) is 0. The fourth-order valence-electron chi connectivity index (χ4n) is 2.06. The molecular formula is C9H14N2O2. The first kappa shape index (κ1) is 8.53. The maximum atomic E-state index is 11.6. The van der Waals surface area contributed by atoms with Crippen molar-refractivity contribution in [1.29, 1.82) is 0 Å². The molecule has 0 aromatic carbocycles. The van der Waals surface area contributed by atoms with E-state index in [9.17, 15) is 9.59 Å². The lowest BCUT2D eigenvalue weighted by Crippen LogP contribution is -2.54. The summed E-state index contributed by atoms with van der Waals surface area (Å²) in [4.78, 5) is 26.0. The summed E-state index contributed by atoms with van der Waals surface area (Å²) in [5.41, 5.74) is -0.182. The van der Waals surface area contributed by atoms with Crippen molar-refractivity contribution in [2.75, 3.05) is 13.6 Å². The van der Waals surface area contributed by atoms with Gasteiger partial charge in [0.2, 0.25) is 0 Å². The number of hydrogen-bond acceptors (Lipinski definition) is 2. The number of rotatable bonds is 1. The Kier molecular flexibility index (Phi) is 1.62. The fourth-order valence-corrected chi connectivity index (χ4v) is 2.06. The van der Waals surface area contributed by atoms with Crippen molar-refractivity contribution in [3.63, 3.8) is 0 Å². The second-order valence-corrected chi connectivity index (χ2v) is 4.22. The van der Waals surface area contributed by atoms with Crippen LogP contribution in [0.5, 0.6) is 0 Å². The molecule has 72 valence electrons. The van der Waals surface area contributed by atoms with Gasteiger partial charge in [-0.25, -0.2) is 4.79 Å². The number of carbonyl (C=O) groups excluding carboxylic acids is 2. The molecule has 13 heavy (non-hydrogen) atoms. The van der Waals surface area contributed by atoms with Gasteiger partial charge in [0.05, 0.1) is 0 Å². The van der Waals surface area contributed by atoms with Crippen molar-refractivity contribution in [1.82, 2.24) is 9.80 Å². The highest BCUT2D eigenvalue weighted by Gasteiger charge is 2.48. The van der Waals surface area contributed by atoms with Crippen molar-refractivity contribution >= 4 is 11.9 Å². The molecule has 0 radical (unpaired) electrons. The quantitative estimate of drug-likeness (QED) is 0.563. The molecule has 3 amide bonds. The Bertz CT molecular complexity index is 271. The minimum atomic E-state index is -0.182. The van der Waals surface area contributed by atoms with Gasteiger partial charge in [0, 0.05) is 12.6 Å². The number of urea groups is 1. The van der Waals surface area contributed by atoms with Gasteiger partial charge < -0.3 is 4.90 Å². The van der Waals surface area contributed by atoms with Crippen molar-refractivity contribution in [3.05, 3.63) is 0 Å². The van der Waals surface area contributed by atoms with Crippen LogP contribution in [0.1, 0.15) is 26.2 Å². The molecule has 4 heteroatoms. The predicted molar refractivity (Wildman–Crippen MR) is 47.1 cm³/mol. The number of imide groups is 1. The Morgan fingerprint density at radius 1 is 1.31 bits per heavy atom. The smallest absolute Gasteiger partial charge is 0.318 e. The lowest BCUT2D eigenvalue weighted by Gasteiger charge is -2.44. The van der Waals surface area contributed by atoms with Crippen molar-refractivity contribution in [3.8, 4) is 0 Å². The first-order chi connectivity index (χ1) is 6.04. The molecule has 1 aliphatic heterocycles. The summed E-state index contributed by atoms with van der Waals surface area (Å²) in [5.74, 6) is -0.0466. The molecule has 0 unspecified atom stereocenters. The van der Waals surface area contributed by atoms with E-state index in [1.807, 2.05) is 6.92 Å². The average molecular weight is 182 g/mol. The Labute approximate surface area is 77.5 Å². The van der Waals surface area contributed by atoms with Crippen LogP contribution >= 0.6 is 0 Å². The zero-order valence-electron chi connectivity index (χ0n) is 8.04. The maximum Gasteiger partial charge on any atom is 0.327 e. The van der Waals surface area contributed by atoms with E-state index in [1.54, 1.807) is 7.05 Å². The molecule has 1 saturated heterocycles. The third-order valence-electron chi connectivity index (χ3n) is 3.11. The van der Waals surface area contributed by atoms with Gasteiger partial charge in [0.25, 0.3) is 5.91 Å². The second kappa shape index (κ2) is 2.47. The van der Waals surface area contributed by atoms with Crippen molar-refractivity contribution < 1.29 is 9.59 Å². The van der Waals surface area contributed by atoms with Crippen molar-refractivity contribution in [2.45, 2.75) is 31.7 Å². The summed E-state index contributed by atoms with van der Waals surface area (Å²) in [6.45, 7) is 2.24. The molecule has 2 rings (SSSR count). The zero-order chi connectivity index (χ0) is 9.64. The molecule has 2 aliphatic rings. The van der Waals surface area contributed by atoms with E-state index < -0.39 is 0 Å². The standard InChI is InChI=1S/C9H14N2O2/c1-9(4-3-5-9)11-7(12)6-10(2)8(11)13/h3-6H2,1-2H3. The van der Waals surface area contributed by atoms with Gasteiger partial charge in [-0.2, -0.15) is 0 Å². The second-order valence-electron chi connectivity index (χ2n) is 4.22. The van der Waals surface area contributed by atoms with E-state index in [0.29, 0.717) is 0 Å². The van der Waals surface area contributed by atoms with Gasteiger partial charge in [0.1, 0.15) is 6.54 Å². The first-order valence-corrected chi connectivity index (χ1v) is 4.63. The number of amides is 3. The van der Waals surface area contributed by atoms with E-state index in [2.05, 4.69) is 0 Å². The SMILES string of the molecule is CN1CC(=O)N(C2(C)CCC2)C1=O. The first-order valence-electron chi connectivity index (χ1n) is 4.63. The lowest BCUT2D eigenvalue weighted by molar-refractivity contribution is -0.131. The van der Waals surface area contributed by atoms with E-state index >= 15 is 0 Å². The minimum Gasteiger partial charge on any atom is -0.318 e. The van der Waals surface area contributed by atoms with Crippen LogP contribution in [0, 0.1) is 0 Å². The van der Waals surface area contributed by atoms with Crippen LogP contribution in [0.15, 0.2) is 0 Å². The molecule has 1 heterocycles. The summed E-state index contributed by atoms with van der Waals surface area (Å²) < 4.78 is 0. The van der Waals surface area contributed by atoms with Crippen LogP contribution in [0.25, 0.3) is 0 Å². The van der Waals surface area contributed by atoms with Gasteiger partial charge in [-0.15, -0.1) is 0 Å². The van der Waals surface area contributed by atoms with Gasteiger partial charge in [-0.1, -0.05) is 0 Å². The molecule has 0 spiro atoms. The van der Waals surface area contributed by atoms with Gasteiger partial charge in [0.15, 0.2) is 0 Å². The Balaban J connectivity index is 2.23. The molecule has 0 aromatic heterocycles. The van der Waals surface area contributed by atoms with E-state index in [4.69, 9.17) is 0 Å². The van der Waals surface area contributed by atoms with Gasteiger partial charge in [-0.05, 0) is 26.2 Å². The van der Waals surface area contributed by atoms with Gasteiger partial charge >= 0.3 is 6.03 Å². The predicted octanol–water partition coefficient (Wildman–Crippen LogP) is 0.823. The van der Waals surface area contributed by atoms with E-state index in [0.717, 1.165) is 19.3 Å². The van der Waals surface area contributed by atoms with Crippen LogP contribution in [-0.2, 0) is 4.79 Å². The molecule has 4 nitrogen and oxygen atoms in total. The molecule has 1 aliphatic carbocycles. The highest BCUT2D eigenvalue weighted by molar-refractivity contribution is 6.02. The third-order valence-corrected chi connectivity index (χ3v) is 3.11. The lowest BCUT2D eigenvalue weighted by atomic mass is 9.77. The highest BCUT2D eigenvalue weighted by atomic mass is 16.2. The minimum absolute atomic E-state index is 0.0466. The maximum absolute atomic E-state index is 11.6. The number of carbonyl (C=O) groups is 2. The summed E-state index contributed by atoms with van der Waals surface area (Å²) in [6, 6.07) is -0.132. The zero-order valence-corrected chi connectivity index (χ0v) is 8.04. The Morgan fingerprint density at radius 3 is 2.23 bits per heavy atom. The van der Waals surface area contributed by atoms with Crippen LogP contribution in [-0.4, -0.2) is 40.9 Å². The van der Waals surface area contributed by atoms with Crippen LogP contribution in [0.3, 0.4) is 0 Å². The van der Waals surface area contributed by atoms with E-state index in [1.165, 1.54) is 9.80 Å². The Hall–Kier alpha value is -1.06. The van der Waals surface area contributed by atoms with Crippen LogP contribution in [0.4, 0.5) is 4.79 Å². The summed E-state index contributed by atoms with van der Waals surface area (Å²) >= 11 is 0. The third kappa shape index (κ3) is 1.04. The number of hydrogen-bond donors (Lipinski definition) is 0. The summed E-state index contributed by atoms with van der Waals surface area (Å²) in [7, 11) is 1.67. The normalized spacial score (nSPS) is 26.6. The average Bonchev–Trinajstić information content (AvgIpc) is 2.23. The largest absolute Gasteiger partial charge is 0.327 e. The van der Waals surface area contributed by atoms with Crippen LogP contribution < -0.4 is 0 Å². The molecule has 1 saturated carbocycles. The molecular weight excluding hydrogens is 168 g/mol. The fraction of sp³-hybridized carbons (Fsp3) is 0.778. The van der Waals surface area contributed by atoms with Crippen molar-refractivity contribution in [2.24, 2.45) is 0 Å². The number of likely N-dealkylation sites (N-methyl/N-ethyl adjacent to an activating group) is 1. The molecule has 0 N–H and O–H groups in total. The van der Waals surface area contributed by atoms with Gasteiger partial charge in [-0.3, -0.25) is 9.69 Å². The molecule has 2 fully saturated rings. The molecule has 0 atom stereocenters.